The summed E-state index contributed by atoms with van der Waals surface area (Å²) >= 11 is 0. The second-order valence-corrected chi connectivity index (χ2v) is 2.44. The zero-order chi connectivity index (χ0) is 10.6. The van der Waals surface area contributed by atoms with E-state index in [1.54, 1.807) is 0 Å². The topological polar surface area (TPSA) is 67.3 Å². The lowest BCUT2D eigenvalue weighted by Gasteiger charge is -1.95. The second kappa shape index (κ2) is 4.27. The van der Waals surface area contributed by atoms with Gasteiger partial charge in [-0.05, 0) is 17.7 Å². The minimum absolute atomic E-state index is 0.197. The Morgan fingerprint density at radius 2 is 2.29 bits per heavy atom. The Kier molecular flexibility index (Phi) is 3.06. The Balaban J connectivity index is 3.01. The number of nitrogens with zero attached hydrogens (tertiary/aromatic N) is 1. The molecule has 14 heavy (non-hydrogen) atoms. The van der Waals surface area contributed by atoms with E-state index in [9.17, 15) is 14.0 Å². The Hall–Kier alpha value is -2.04. The van der Waals surface area contributed by atoms with Crippen molar-refractivity contribution in [3.63, 3.8) is 0 Å². The fourth-order valence-electron chi connectivity index (χ4n) is 0.823. The van der Waals surface area contributed by atoms with Crippen molar-refractivity contribution >= 4 is 18.3 Å². The first-order valence-corrected chi connectivity index (χ1v) is 3.65. The van der Waals surface area contributed by atoms with Gasteiger partial charge in [-0.15, -0.1) is 0 Å². The molecule has 0 aliphatic carbocycles. The van der Waals surface area contributed by atoms with Crippen LogP contribution in [0.1, 0.15) is 15.9 Å². The molecule has 1 aromatic heterocycles. The van der Waals surface area contributed by atoms with Crippen molar-refractivity contribution in [2.45, 2.75) is 0 Å². The van der Waals surface area contributed by atoms with Crippen LogP contribution in [0.2, 0.25) is 0 Å². The van der Waals surface area contributed by atoms with Crippen molar-refractivity contribution in [3.05, 3.63) is 35.4 Å². The van der Waals surface area contributed by atoms with Crippen LogP contribution >= 0.6 is 0 Å². The van der Waals surface area contributed by atoms with Gasteiger partial charge >= 0.3 is 5.97 Å². The molecule has 1 heterocycles. The highest BCUT2D eigenvalue weighted by atomic mass is 19.1. The van der Waals surface area contributed by atoms with Crippen LogP contribution in [0.5, 0.6) is 0 Å². The van der Waals surface area contributed by atoms with Crippen LogP contribution in [-0.4, -0.2) is 22.3 Å². The largest absolute Gasteiger partial charge is 0.478 e. The van der Waals surface area contributed by atoms with Gasteiger partial charge in [-0.25, -0.2) is 9.78 Å². The van der Waals surface area contributed by atoms with Crippen LogP contribution < -0.4 is 0 Å². The molecular weight excluding hydrogens is 189 g/mol. The monoisotopic (exact) mass is 195 g/mol. The van der Waals surface area contributed by atoms with Gasteiger partial charge in [0.25, 0.3) is 0 Å². The maximum atomic E-state index is 12.7. The van der Waals surface area contributed by atoms with Gasteiger partial charge in [-0.2, -0.15) is 4.39 Å². The molecule has 0 aliphatic rings. The minimum Gasteiger partial charge on any atom is -0.478 e. The van der Waals surface area contributed by atoms with Gasteiger partial charge in [-0.1, -0.05) is 0 Å². The molecule has 0 aromatic carbocycles. The van der Waals surface area contributed by atoms with E-state index >= 15 is 0 Å². The Bertz CT molecular complexity index is 401. The molecule has 0 spiro atoms. The number of aldehydes is 1. The molecule has 1 N–H and O–H groups in total. The summed E-state index contributed by atoms with van der Waals surface area (Å²) in [5.74, 6) is -1.99. The van der Waals surface area contributed by atoms with Gasteiger partial charge < -0.3 is 5.11 Å². The van der Waals surface area contributed by atoms with E-state index in [4.69, 9.17) is 5.11 Å². The fourth-order valence-corrected chi connectivity index (χ4v) is 0.823. The van der Waals surface area contributed by atoms with Crippen molar-refractivity contribution in [2.24, 2.45) is 0 Å². The van der Waals surface area contributed by atoms with Gasteiger partial charge in [0.1, 0.15) is 0 Å². The lowest BCUT2D eigenvalue weighted by atomic mass is 10.2. The van der Waals surface area contributed by atoms with E-state index in [1.165, 1.54) is 12.1 Å². The summed E-state index contributed by atoms with van der Waals surface area (Å²) in [4.78, 5) is 23.7. The summed E-state index contributed by atoms with van der Waals surface area (Å²) in [6, 6.07) is 1.22. The van der Waals surface area contributed by atoms with E-state index in [2.05, 4.69) is 4.98 Å². The molecule has 1 aromatic rings. The van der Waals surface area contributed by atoms with Crippen LogP contribution in [0.4, 0.5) is 4.39 Å². The van der Waals surface area contributed by atoms with E-state index in [-0.39, 0.29) is 5.56 Å². The molecule has 5 heteroatoms. The Morgan fingerprint density at radius 1 is 1.57 bits per heavy atom. The molecule has 0 radical (unpaired) electrons. The highest BCUT2D eigenvalue weighted by Gasteiger charge is 2.01. The van der Waals surface area contributed by atoms with Crippen molar-refractivity contribution in [1.82, 2.24) is 4.98 Å². The summed E-state index contributed by atoms with van der Waals surface area (Å²) in [5, 5.41) is 8.31. The average molecular weight is 195 g/mol. The third kappa shape index (κ3) is 2.48. The summed E-state index contributed by atoms with van der Waals surface area (Å²) < 4.78 is 12.7. The van der Waals surface area contributed by atoms with E-state index in [1.807, 2.05) is 0 Å². The maximum Gasteiger partial charge on any atom is 0.328 e. The molecule has 0 aliphatic heterocycles. The summed E-state index contributed by atoms with van der Waals surface area (Å²) in [6.07, 6.45) is 3.56. The molecule has 0 unspecified atom stereocenters. The van der Waals surface area contributed by atoms with E-state index in [0.717, 1.165) is 12.3 Å². The number of aromatic nitrogens is 1. The minimum atomic E-state index is -1.12. The third-order valence-electron chi connectivity index (χ3n) is 1.43. The second-order valence-electron chi connectivity index (χ2n) is 2.44. The third-order valence-corrected chi connectivity index (χ3v) is 1.43. The summed E-state index contributed by atoms with van der Waals surface area (Å²) in [5.41, 5.74) is 0.161. The van der Waals surface area contributed by atoms with Crippen LogP contribution in [0, 0.1) is 5.95 Å². The number of carboxylic acid groups (broad SMARTS) is 1. The summed E-state index contributed by atoms with van der Waals surface area (Å²) in [7, 11) is 0. The standard InChI is InChI=1S/C9H6FNO3/c10-9-7(5-12)3-6(4-11-9)1-2-8(13)14/h1-5H,(H,13,14). The van der Waals surface area contributed by atoms with Gasteiger partial charge in [0.05, 0.1) is 5.56 Å². The van der Waals surface area contributed by atoms with Crippen molar-refractivity contribution in [3.8, 4) is 0 Å². The SMILES string of the molecule is O=Cc1cc(C=CC(=O)O)cnc1F. The number of hydrogen-bond acceptors (Lipinski definition) is 3. The van der Waals surface area contributed by atoms with E-state index in [0.29, 0.717) is 11.8 Å². The lowest BCUT2D eigenvalue weighted by molar-refractivity contribution is -0.131. The molecule has 0 fully saturated rings. The van der Waals surface area contributed by atoms with Gasteiger partial charge in [0.2, 0.25) is 5.95 Å². The number of rotatable bonds is 3. The smallest absolute Gasteiger partial charge is 0.328 e. The molecule has 0 amide bonds. The van der Waals surface area contributed by atoms with Crippen LogP contribution in [0.15, 0.2) is 18.3 Å². The Labute approximate surface area is 78.7 Å². The molecule has 1 rings (SSSR count). The zero-order valence-corrected chi connectivity index (χ0v) is 6.98. The molecule has 0 saturated heterocycles. The quantitative estimate of drug-likeness (QED) is 0.446. The summed E-state index contributed by atoms with van der Waals surface area (Å²) in [6.45, 7) is 0. The highest BCUT2D eigenvalue weighted by Crippen LogP contribution is 2.06. The first-order chi connectivity index (χ1) is 6.63. The maximum absolute atomic E-state index is 12.7. The van der Waals surface area contributed by atoms with Gasteiger partial charge in [0.15, 0.2) is 6.29 Å². The van der Waals surface area contributed by atoms with Crippen molar-refractivity contribution in [2.75, 3.05) is 0 Å². The normalized spacial score (nSPS) is 10.4. The Morgan fingerprint density at radius 3 is 2.86 bits per heavy atom. The first-order valence-electron chi connectivity index (χ1n) is 3.65. The number of carbonyl (C=O) groups excluding carboxylic acids is 1. The molecule has 0 saturated carbocycles. The molecule has 0 bridgehead atoms. The van der Waals surface area contributed by atoms with Crippen LogP contribution in [0.25, 0.3) is 6.08 Å². The number of carboxylic acids is 1. The van der Waals surface area contributed by atoms with E-state index < -0.39 is 11.9 Å². The van der Waals surface area contributed by atoms with Crippen molar-refractivity contribution in [1.29, 1.82) is 0 Å². The van der Waals surface area contributed by atoms with Crippen molar-refractivity contribution < 1.29 is 19.1 Å². The van der Waals surface area contributed by atoms with Gasteiger partial charge in [-0.3, -0.25) is 4.79 Å². The molecular formula is C9H6FNO3. The average Bonchev–Trinajstić information content (AvgIpc) is 2.16. The fraction of sp³-hybridized carbons (Fsp3) is 0. The van der Waals surface area contributed by atoms with Crippen LogP contribution in [-0.2, 0) is 4.79 Å². The predicted molar refractivity (Wildman–Crippen MR) is 46.3 cm³/mol. The number of halogens is 1. The number of carbonyl (C=O) groups is 2. The molecule has 0 atom stereocenters. The molecule has 4 nitrogen and oxygen atoms in total. The first kappa shape index (κ1) is 10.0. The zero-order valence-electron chi connectivity index (χ0n) is 6.98. The lowest BCUT2D eigenvalue weighted by Crippen LogP contribution is -1.93. The number of aliphatic carboxylic acids is 1. The van der Waals surface area contributed by atoms with Gasteiger partial charge in [0, 0.05) is 12.3 Å². The number of pyridine rings is 1. The predicted octanol–water partition coefficient (Wildman–Crippen LogP) is 1.13. The highest BCUT2D eigenvalue weighted by molar-refractivity contribution is 5.85. The number of hydrogen-bond donors (Lipinski definition) is 1. The van der Waals surface area contributed by atoms with Crippen LogP contribution in [0.3, 0.4) is 0 Å². The molecule has 72 valence electrons.